The van der Waals surface area contributed by atoms with Crippen molar-refractivity contribution in [1.29, 1.82) is 15.8 Å². The van der Waals surface area contributed by atoms with Crippen LogP contribution in [-0.2, 0) is 0 Å². The van der Waals surface area contributed by atoms with E-state index in [-0.39, 0.29) is 0 Å². The number of para-hydroxylation sites is 4. The third-order valence-corrected chi connectivity index (χ3v) is 11.3. The van der Waals surface area contributed by atoms with Gasteiger partial charge in [-0.05, 0) is 96.6 Å². The summed E-state index contributed by atoms with van der Waals surface area (Å²) < 4.78 is 6.80. The van der Waals surface area contributed by atoms with Gasteiger partial charge < -0.3 is 13.7 Å². The fourth-order valence-corrected chi connectivity index (χ4v) is 8.87. The Kier molecular flexibility index (Phi) is 6.95. The van der Waals surface area contributed by atoms with E-state index in [1.807, 2.05) is 72.8 Å². The fourth-order valence-electron chi connectivity index (χ4n) is 8.87. The number of fused-ring (bicyclic) bond motifs is 9. The highest BCUT2D eigenvalue weighted by Crippen LogP contribution is 2.41. The lowest BCUT2D eigenvalue weighted by atomic mass is 10.00. The summed E-state index contributed by atoms with van der Waals surface area (Å²) in [4.78, 5) is 0. The van der Waals surface area contributed by atoms with Gasteiger partial charge in [0.1, 0.15) is 0 Å². The first kappa shape index (κ1) is 32.1. The van der Waals surface area contributed by atoms with Gasteiger partial charge >= 0.3 is 0 Å². The maximum Gasteiger partial charge on any atom is 0.0992 e. The zero-order chi connectivity index (χ0) is 38.2. The van der Waals surface area contributed by atoms with Crippen LogP contribution in [0.25, 0.3) is 93.6 Å². The van der Waals surface area contributed by atoms with Crippen LogP contribution < -0.4 is 0 Å². The highest BCUT2D eigenvalue weighted by Gasteiger charge is 2.20. The molecule has 11 rings (SSSR count). The zero-order valence-electron chi connectivity index (χ0n) is 30.3. The summed E-state index contributed by atoms with van der Waals surface area (Å²) in [5, 5.41) is 36.6. The third kappa shape index (κ3) is 4.74. The molecule has 3 aromatic heterocycles. The molecule has 0 amide bonds. The van der Waals surface area contributed by atoms with Crippen molar-refractivity contribution in [2.75, 3.05) is 0 Å². The van der Waals surface area contributed by atoms with E-state index in [1.54, 1.807) is 0 Å². The second-order valence-corrected chi connectivity index (χ2v) is 14.3. The molecule has 262 valence electrons. The number of nitrogens with zero attached hydrogens (tertiary/aromatic N) is 6. The van der Waals surface area contributed by atoms with Crippen LogP contribution in [0.4, 0.5) is 0 Å². The van der Waals surface area contributed by atoms with Gasteiger partial charge in [-0.3, -0.25) is 0 Å². The van der Waals surface area contributed by atoms with Crippen molar-refractivity contribution in [3.05, 3.63) is 187 Å². The minimum Gasteiger partial charge on any atom is -0.309 e. The van der Waals surface area contributed by atoms with E-state index in [0.29, 0.717) is 16.7 Å². The predicted octanol–water partition coefficient (Wildman–Crippen LogP) is 12.3. The molecule has 8 aromatic carbocycles. The Morgan fingerprint density at radius 3 is 1.42 bits per heavy atom. The van der Waals surface area contributed by atoms with Crippen LogP contribution in [0.5, 0.6) is 0 Å². The van der Waals surface area contributed by atoms with Crippen LogP contribution >= 0.6 is 0 Å². The first-order valence-electron chi connectivity index (χ1n) is 18.7. The molecule has 0 aliphatic heterocycles. The number of benzene rings is 8. The largest absolute Gasteiger partial charge is 0.309 e. The third-order valence-electron chi connectivity index (χ3n) is 11.3. The second-order valence-electron chi connectivity index (χ2n) is 14.3. The van der Waals surface area contributed by atoms with Crippen molar-refractivity contribution < 1.29 is 0 Å². The molecule has 0 aliphatic carbocycles. The topological polar surface area (TPSA) is 86.2 Å². The van der Waals surface area contributed by atoms with Crippen molar-refractivity contribution in [1.82, 2.24) is 13.7 Å². The Bertz CT molecular complexity index is 3580. The normalized spacial score (nSPS) is 11.5. The van der Waals surface area contributed by atoms with Crippen LogP contribution in [-0.4, -0.2) is 13.7 Å². The fraction of sp³-hybridized carbons (Fsp3) is 0. The maximum absolute atomic E-state index is 10.5. The highest BCUT2D eigenvalue weighted by atomic mass is 15.0. The van der Waals surface area contributed by atoms with E-state index in [1.165, 1.54) is 10.8 Å². The number of rotatable bonds is 4. The Hall–Kier alpha value is -8.37. The SMILES string of the molecule is N#Cc1cc(-c2ccccc2-n2c3ccc(C#N)cc3c3ccc(-n4c5ccccc5c5ccccc54)cc32)cc(-n2c3ccccc3c3cc(C#N)ccc32)c1. The van der Waals surface area contributed by atoms with Crippen LogP contribution in [0.3, 0.4) is 0 Å². The molecule has 0 fully saturated rings. The Labute approximate surface area is 326 Å². The quantitative estimate of drug-likeness (QED) is 0.181. The van der Waals surface area contributed by atoms with Crippen molar-refractivity contribution >= 4 is 65.4 Å². The van der Waals surface area contributed by atoms with Gasteiger partial charge in [-0.2, -0.15) is 15.8 Å². The molecule has 0 unspecified atom stereocenters. The Morgan fingerprint density at radius 2 is 0.807 bits per heavy atom. The summed E-state index contributed by atoms with van der Waals surface area (Å²) in [7, 11) is 0. The predicted molar refractivity (Wildman–Crippen MR) is 229 cm³/mol. The molecule has 57 heavy (non-hydrogen) atoms. The molecule has 0 aliphatic rings. The van der Waals surface area contributed by atoms with Gasteiger partial charge in [0.25, 0.3) is 0 Å². The van der Waals surface area contributed by atoms with Crippen LogP contribution in [0.1, 0.15) is 16.7 Å². The summed E-state index contributed by atoms with van der Waals surface area (Å²) in [6.45, 7) is 0. The first-order chi connectivity index (χ1) is 28.1. The molecule has 0 bridgehead atoms. The van der Waals surface area contributed by atoms with Gasteiger partial charge in [-0.1, -0.05) is 78.9 Å². The van der Waals surface area contributed by atoms with E-state index >= 15 is 0 Å². The van der Waals surface area contributed by atoms with Gasteiger partial charge in [0.2, 0.25) is 0 Å². The average molecular weight is 725 g/mol. The van der Waals surface area contributed by atoms with Crippen molar-refractivity contribution in [3.63, 3.8) is 0 Å². The number of nitriles is 3. The van der Waals surface area contributed by atoms with Crippen LogP contribution in [0.15, 0.2) is 170 Å². The van der Waals surface area contributed by atoms with Crippen molar-refractivity contribution in [2.24, 2.45) is 0 Å². The van der Waals surface area contributed by atoms with E-state index in [0.717, 1.165) is 82.8 Å². The molecule has 0 saturated heterocycles. The number of aromatic nitrogens is 3. The summed E-state index contributed by atoms with van der Waals surface area (Å²) in [6.07, 6.45) is 0. The van der Waals surface area contributed by atoms with E-state index in [4.69, 9.17) is 0 Å². The lowest BCUT2D eigenvalue weighted by Crippen LogP contribution is -2.00. The molecular weight excluding hydrogens is 697 g/mol. The zero-order valence-corrected chi connectivity index (χ0v) is 30.3. The molecule has 0 saturated carbocycles. The lowest BCUT2D eigenvalue weighted by molar-refractivity contribution is 1.15. The minimum absolute atomic E-state index is 0.534. The monoisotopic (exact) mass is 724 g/mol. The van der Waals surface area contributed by atoms with Crippen LogP contribution in [0, 0.1) is 34.0 Å². The summed E-state index contributed by atoms with van der Waals surface area (Å²) in [5.41, 5.74) is 12.6. The molecule has 6 nitrogen and oxygen atoms in total. The van der Waals surface area contributed by atoms with Crippen LogP contribution in [0.2, 0.25) is 0 Å². The summed E-state index contributed by atoms with van der Waals surface area (Å²) in [5.74, 6) is 0. The second kappa shape index (κ2) is 12.3. The van der Waals surface area contributed by atoms with Crippen molar-refractivity contribution in [3.8, 4) is 46.4 Å². The van der Waals surface area contributed by atoms with Gasteiger partial charge in [0, 0.05) is 49.3 Å². The molecule has 0 N–H and O–H groups in total. The highest BCUT2D eigenvalue weighted by molar-refractivity contribution is 6.13. The molecule has 0 spiro atoms. The van der Waals surface area contributed by atoms with Gasteiger partial charge in [0.15, 0.2) is 0 Å². The minimum atomic E-state index is 0.534. The van der Waals surface area contributed by atoms with E-state index < -0.39 is 0 Å². The first-order valence-corrected chi connectivity index (χ1v) is 18.7. The van der Waals surface area contributed by atoms with Crippen molar-refractivity contribution in [2.45, 2.75) is 0 Å². The van der Waals surface area contributed by atoms with Gasteiger partial charge in [-0.15, -0.1) is 0 Å². The van der Waals surface area contributed by atoms with Gasteiger partial charge in [-0.25, -0.2) is 0 Å². The lowest BCUT2D eigenvalue weighted by Gasteiger charge is -2.17. The maximum atomic E-state index is 10.5. The average Bonchev–Trinajstić information content (AvgIpc) is 3.91. The standard InChI is InChI=1S/C51H28N6/c52-29-32-17-21-49-43(25-32)41-12-4-8-16-48(41)56(49)37-24-34(31-54)23-35(27-37)38-9-1-5-13-45(38)57-50-22-18-33(30-53)26-44(50)42-20-19-36(28-51(42)57)55-46-14-6-2-10-39(46)40-11-3-7-15-47(40)55/h1-28H. The summed E-state index contributed by atoms with van der Waals surface area (Å²) >= 11 is 0. The molecule has 11 aromatic rings. The smallest absolute Gasteiger partial charge is 0.0992 e. The van der Waals surface area contributed by atoms with E-state index in [9.17, 15) is 15.8 Å². The molecule has 6 heteroatoms. The molecule has 0 radical (unpaired) electrons. The molecule has 3 heterocycles. The number of hydrogen-bond donors (Lipinski definition) is 0. The molecular formula is C51H28N6. The number of hydrogen-bond acceptors (Lipinski definition) is 3. The molecule has 0 atom stereocenters. The Balaban J connectivity index is 1.18. The van der Waals surface area contributed by atoms with Gasteiger partial charge in [0.05, 0.1) is 73.7 Å². The summed E-state index contributed by atoms with van der Waals surface area (Å²) in [6, 6.07) is 64.9. The Morgan fingerprint density at radius 1 is 0.316 bits per heavy atom. The van der Waals surface area contributed by atoms with E-state index in [2.05, 4.69) is 129 Å².